The Morgan fingerprint density at radius 1 is 1.00 bits per heavy atom. The zero-order valence-corrected chi connectivity index (χ0v) is 15.0. The van der Waals surface area contributed by atoms with E-state index in [-0.39, 0.29) is 0 Å². The maximum absolute atomic E-state index is 5.54. The van der Waals surface area contributed by atoms with Crippen LogP contribution in [0.3, 0.4) is 0 Å². The molecule has 0 radical (unpaired) electrons. The molecule has 0 bridgehead atoms. The van der Waals surface area contributed by atoms with Crippen LogP contribution in [0.1, 0.15) is 34.7 Å². The van der Waals surface area contributed by atoms with Crippen LogP contribution < -0.4 is 5.32 Å². The van der Waals surface area contributed by atoms with Gasteiger partial charge < -0.3 is 5.32 Å². The lowest BCUT2D eigenvalue weighted by atomic mass is 9.97. The lowest BCUT2D eigenvalue weighted by Gasteiger charge is -2.10. The topological polar surface area (TPSA) is 12.0 Å². The molecule has 0 aromatic heterocycles. The summed E-state index contributed by atoms with van der Waals surface area (Å²) in [7, 11) is 1.86. The van der Waals surface area contributed by atoms with Gasteiger partial charge in [-0.25, -0.2) is 0 Å². The average Bonchev–Trinajstić information content (AvgIpc) is 2.61. The van der Waals surface area contributed by atoms with Gasteiger partial charge in [0.2, 0.25) is 0 Å². The smallest absolute Gasteiger partial charge is 0.0883 e. The minimum Gasteiger partial charge on any atom is -0.381 e. The van der Waals surface area contributed by atoms with Gasteiger partial charge in [-0.1, -0.05) is 48.4 Å². The third-order valence-electron chi connectivity index (χ3n) is 4.11. The van der Waals surface area contributed by atoms with Gasteiger partial charge in [0.1, 0.15) is 0 Å². The second-order valence-electron chi connectivity index (χ2n) is 5.69. The molecule has 2 rings (SSSR count). The van der Waals surface area contributed by atoms with E-state index < -0.39 is 0 Å². The predicted molar refractivity (Wildman–Crippen MR) is 106 cm³/mol. The van der Waals surface area contributed by atoms with Crippen molar-refractivity contribution in [2.45, 2.75) is 27.2 Å². The van der Waals surface area contributed by atoms with Gasteiger partial charge in [0.25, 0.3) is 0 Å². The molecule has 2 aromatic rings. The molecule has 0 aliphatic rings. The maximum Gasteiger partial charge on any atom is 0.0883 e. The molecule has 0 aliphatic heterocycles. The molecule has 0 amide bonds. The Morgan fingerprint density at radius 3 is 2.25 bits per heavy atom. The zero-order chi connectivity index (χ0) is 18.1. The molecule has 0 fully saturated rings. The van der Waals surface area contributed by atoms with Crippen LogP contribution in [0, 0.1) is 39.0 Å². The molecule has 0 saturated heterocycles. The second-order valence-corrected chi connectivity index (χ2v) is 5.69. The summed E-state index contributed by atoms with van der Waals surface area (Å²) in [4.78, 5) is 0. The summed E-state index contributed by atoms with van der Waals surface area (Å²) in [5.74, 6) is 2.70. The minimum absolute atomic E-state index is 0.836. The van der Waals surface area contributed by atoms with E-state index in [4.69, 9.17) is 6.42 Å². The third kappa shape index (κ3) is 4.80. The van der Waals surface area contributed by atoms with Gasteiger partial charge in [-0.15, -0.1) is 19.3 Å². The van der Waals surface area contributed by atoms with Gasteiger partial charge in [-0.05, 0) is 60.6 Å². The Morgan fingerprint density at radius 2 is 1.67 bits per heavy atom. The summed E-state index contributed by atoms with van der Waals surface area (Å²) < 4.78 is 0. The van der Waals surface area contributed by atoms with E-state index in [1.165, 1.54) is 27.8 Å². The van der Waals surface area contributed by atoms with Crippen molar-refractivity contribution in [1.29, 1.82) is 0 Å². The first kappa shape index (κ1) is 19.1. The fourth-order valence-electron chi connectivity index (χ4n) is 2.58. The summed E-state index contributed by atoms with van der Waals surface area (Å²) in [5.41, 5.74) is 8.43. The SMILES string of the molecule is C#C.C#C/C(NC)=C(/C)c1cccc(Cc2ccc(C)c(C)c2)c1. The lowest BCUT2D eigenvalue weighted by molar-refractivity contribution is 1.05. The molecule has 0 heterocycles. The Balaban J connectivity index is 0.00000139. The first-order valence-electron chi connectivity index (χ1n) is 7.89. The van der Waals surface area contributed by atoms with E-state index >= 15 is 0 Å². The number of hydrogen-bond donors (Lipinski definition) is 1. The van der Waals surface area contributed by atoms with Crippen molar-refractivity contribution in [3.05, 3.63) is 76.0 Å². The maximum atomic E-state index is 5.54. The van der Waals surface area contributed by atoms with E-state index in [9.17, 15) is 0 Å². The number of terminal acetylenes is 2. The number of aryl methyl sites for hydroxylation is 2. The van der Waals surface area contributed by atoms with E-state index in [1.54, 1.807) is 0 Å². The first-order valence-corrected chi connectivity index (χ1v) is 7.89. The highest BCUT2D eigenvalue weighted by atomic mass is 14.8. The molecule has 1 nitrogen and oxygen atoms in total. The number of hydrogen-bond acceptors (Lipinski definition) is 1. The number of allylic oxidation sites excluding steroid dienone is 2. The molecule has 0 aliphatic carbocycles. The van der Waals surface area contributed by atoms with Gasteiger partial charge in [0, 0.05) is 7.05 Å². The molecule has 2 aromatic carbocycles. The number of nitrogens with one attached hydrogen (secondary N) is 1. The number of benzene rings is 2. The molecule has 1 heteroatoms. The van der Waals surface area contributed by atoms with E-state index in [0.29, 0.717) is 0 Å². The lowest BCUT2D eigenvalue weighted by Crippen LogP contribution is -2.05. The van der Waals surface area contributed by atoms with Crippen LogP contribution in [0.25, 0.3) is 5.57 Å². The van der Waals surface area contributed by atoms with E-state index in [1.807, 2.05) is 7.05 Å². The summed E-state index contributed by atoms with van der Waals surface area (Å²) >= 11 is 0. The quantitative estimate of drug-likeness (QED) is 0.805. The standard InChI is InChI=1S/C21H23N.C2H2/c1-6-21(22-5)17(4)20-9-7-8-18(14-20)13-19-11-10-15(2)16(3)12-19;1-2/h1,7-12,14,22H,13H2,2-5H3;1-2H/b21-17+;. The third-order valence-corrected chi connectivity index (χ3v) is 4.11. The average molecular weight is 315 g/mol. The predicted octanol–water partition coefficient (Wildman–Crippen LogP) is 4.73. The van der Waals surface area contributed by atoms with Crippen LogP contribution in [0.4, 0.5) is 0 Å². The fraction of sp³-hybridized carbons (Fsp3) is 0.217. The van der Waals surface area contributed by atoms with Crippen molar-refractivity contribution in [3.63, 3.8) is 0 Å². The highest BCUT2D eigenvalue weighted by Gasteiger charge is 2.04. The Hall–Kier alpha value is -2.90. The molecule has 0 saturated carbocycles. The highest BCUT2D eigenvalue weighted by Crippen LogP contribution is 2.20. The molecule has 0 unspecified atom stereocenters. The van der Waals surface area contributed by atoms with Gasteiger partial charge in [0.05, 0.1) is 5.70 Å². The molecule has 0 atom stereocenters. The van der Waals surface area contributed by atoms with Crippen molar-refractivity contribution in [3.8, 4) is 25.2 Å². The Labute approximate surface area is 146 Å². The van der Waals surface area contributed by atoms with Crippen molar-refractivity contribution in [1.82, 2.24) is 5.32 Å². The molecule has 1 N–H and O–H groups in total. The van der Waals surface area contributed by atoms with Crippen molar-refractivity contribution in [2.24, 2.45) is 0 Å². The van der Waals surface area contributed by atoms with Gasteiger partial charge >= 0.3 is 0 Å². The normalized spacial score (nSPS) is 10.7. The van der Waals surface area contributed by atoms with Gasteiger partial charge in [0.15, 0.2) is 0 Å². The van der Waals surface area contributed by atoms with Gasteiger partial charge in [-0.2, -0.15) is 0 Å². The fourth-order valence-corrected chi connectivity index (χ4v) is 2.58. The summed E-state index contributed by atoms with van der Waals surface area (Å²) in [6.07, 6.45) is 14.5. The van der Waals surface area contributed by atoms with Crippen LogP contribution in [0.5, 0.6) is 0 Å². The highest BCUT2D eigenvalue weighted by molar-refractivity contribution is 5.70. The molecular formula is C23H25N. The monoisotopic (exact) mass is 315 g/mol. The second kappa shape index (κ2) is 9.29. The molecule has 122 valence electrons. The molecule has 24 heavy (non-hydrogen) atoms. The minimum atomic E-state index is 0.836. The van der Waals surface area contributed by atoms with Crippen LogP contribution in [0.15, 0.2) is 48.2 Å². The summed E-state index contributed by atoms with van der Waals surface area (Å²) in [6.45, 7) is 6.36. The first-order chi connectivity index (χ1) is 11.5. The van der Waals surface area contributed by atoms with E-state index in [2.05, 4.69) is 87.3 Å². The molecule has 0 spiro atoms. The number of rotatable bonds is 4. The van der Waals surface area contributed by atoms with E-state index in [0.717, 1.165) is 17.7 Å². The largest absolute Gasteiger partial charge is 0.381 e. The Bertz CT molecular complexity index is 785. The van der Waals surface area contributed by atoms with Crippen LogP contribution in [-0.4, -0.2) is 7.05 Å². The van der Waals surface area contributed by atoms with Crippen LogP contribution in [-0.2, 0) is 6.42 Å². The van der Waals surface area contributed by atoms with Crippen molar-refractivity contribution in [2.75, 3.05) is 7.05 Å². The van der Waals surface area contributed by atoms with Crippen LogP contribution >= 0.6 is 0 Å². The molecular weight excluding hydrogens is 290 g/mol. The zero-order valence-electron chi connectivity index (χ0n) is 15.0. The van der Waals surface area contributed by atoms with Crippen molar-refractivity contribution >= 4 is 5.57 Å². The summed E-state index contributed by atoms with van der Waals surface area (Å²) in [5, 5.41) is 3.08. The van der Waals surface area contributed by atoms with Gasteiger partial charge in [-0.3, -0.25) is 0 Å². The Kier molecular flexibility index (Phi) is 7.41. The summed E-state index contributed by atoms with van der Waals surface area (Å²) in [6, 6.07) is 15.3. The van der Waals surface area contributed by atoms with Crippen molar-refractivity contribution < 1.29 is 0 Å². The van der Waals surface area contributed by atoms with Crippen LogP contribution in [0.2, 0.25) is 0 Å².